The maximum atomic E-state index is 12.2. The summed E-state index contributed by atoms with van der Waals surface area (Å²) in [7, 11) is 0. The molecule has 2 amide bonds. The molecule has 4 rings (SSSR count). The number of hydrogen-bond donors (Lipinski definition) is 1. The van der Waals surface area contributed by atoms with E-state index < -0.39 is 0 Å². The van der Waals surface area contributed by atoms with Crippen LogP contribution in [0.5, 0.6) is 0 Å². The summed E-state index contributed by atoms with van der Waals surface area (Å²) in [6, 6.07) is 16.3. The average molecular weight is 423 g/mol. The largest absolute Gasteiger partial charge is 0.368 e. The number of aromatic nitrogens is 1. The first-order chi connectivity index (χ1) is 14.6. The zero-order chi connectivity index (χ0) is 20.9. The first kappa shape index (κ1) is 20.3. The summed E-state index contributed by atoms with van der Waals surface area (Å²) in [5, 5.41) is 4.00. The van der Waals surface area contributed by atoms with Crippen molar-refractivity contribution in [2.75, 3.05) is 31.1 Å². The molecule has 1 aromatic heterocycles. The van der Waals surface area contributed by atoms with Crippen molar-refractivity contribution in [3.05, 3.63) is 59.1 Å². The van der Waals surface area contributed by atoms with Crippen LogP contribution in [0.25, 0.3) is 10.2 Å². The molecule has 2 heterocycles. The topological polar surface area (TPSA) is 65.5 Å². The Balaban J connectivity index is 1.23. The third-order valence-electron chi connectivity index (χ3n) is 5.42. The molecule has 1 aliphatic heterocycles. The summed E-state index contributed by atoms with van der Waals surface area (Å²) < 4.78 is 1.16. The second-order valence-electron chi connectivity index (χ2n) is 7.51. The number of para-hydroxylation sites is 1. The quantitative estimate of drug-likeness (QED) is 0.663. The first-order valence-electron chi connectivity index (χ1n) is 10.3. The van der Waals surface area contributed by atoms with Gasteiger partial charge < -0.3 is 15.1 Å². The van der Waals surface area contributed by atoms with Crippen LogP contribution in [0.3, 0.4) is 0 Å². The molecule has 1 saturated heterocycles. The van der Waals surface area contributed by atoms with Crippen molar-refractivity contribution in [1.82, 2.24) is 15.2 Å². The van der Waals surface area contributed by atoms with Gasteiger partial charge in [-0.05, 0) is 29.8 Å². The Labute approximate surface area is 180 Å². The molecule has 0 radical (unpaired) electrons. The van der Waals surface area contributed by atoms with Crippen LogP contribution < -0.4 is 10.2 Å². The third-order valence-corrected chi connectivity index (χ3v) is 6.52. The predicted octanol–water partition coefficient (Wildman–Crippen LogP) is 3.21. The van der Waals surface area contributed by atoms with Gasteiger partial charge in [-0.1, -0.05) is 24.3 Å². The summed E-state index contributed by atoms with van der Waals surface area (Å²) in [5.41, 5.74) is 3.24. The lowest BCUT2D eigenvalue weighted by atomic mass is 10.1. The average Bonchev–Trinajstić information content (AvgIpc) is 3.20. The fraction of sp³-hybridized carbons (Fsp3) is 0.348. The summed E-state index contributed by atoms with van der Waals surface area (Å²) in [6.45, 7) is 5.38. The summed E-state index contributed by atoms with van der Waals surface area (Å²) in [6.07, 6.45) is 1.11. The standard InChI is InChI=1S/C23H26N4O2S/c1-17(28)26-12-14-27(15-13-26)19-8-6-18(7-9-19)16-24-22(29)10-11-23-25-20-4-2-3-5-21(20)30-23/h2-9H,10-16H2,1H3,(H,24,29). The maximum absolute atomic E-state index is 12.2. The lowest BCUT2D eigenvalue weighted by Gasteiger charge is -2.35. The molecule has 1 fully saturated rings. The van der Waals surface area contributed by atoms with Crippen molar-refractivity contribution >= 4 is 39.1 Å². The van der Waals surface area contributed by atoms with E-state index >= 15 is 0 Å². The molecule has 3 aromatic rings. The molecule has 156 valence electrons. The van der Waals surface area contributed by atoms with Crippen LogP contribution in [-0.2, 0) is 22.6 Å². The zero-order valence-corrected chi connectivity index (χ0v) is 18.0. The van der Waals surface area contributed by atoms with E-state index in [1.807, 2.05) is 23.1 Å². The molecule has 0 atom stereocenters. The predicted molar refractivity (Wildman–Crippen MR) is 121 cm³/mol. The number of piperazine rings is 1. The minimum absolute atomic E-state index is 0.0405. The van der Waals surface area contributed by atoms with Crippen LogP contribution in [0.4, 0.5) is 5.69 Å². The Morgan fingerprint density at radius 1 is 1.03 bits per heavy atom. The van der Waals surface area contributed by atoms with Crippen molar-refractivity contribution in [1.29, 1.82) is 0 Å². The van der Waals surface area contributed by atoms with E-state index in [4.69, 9.17) is 0 Å². The Morgan fingerprint density at radius 2 is 1.77 bits per heavy atom. The van der Waals surface area contributed by atoms with Crippen molar-refractivity contribution < 1.29 is 9.59 Å². The normalized spacial score (nSPS) is 14.2. The SMILES string of the molecule is CC(=O)N1CCN(c2ccc(CNC(=O)CCc3nc4ccccc4s3)cc2)CC1. The number of aryl methyl sites for hydroxylation is 1. The number of amides is 2. The molecule has 30 heavy (non-hydrogen) atoms. The number of nitrogens with zero attached hydrogens (tertiary/aromatic N) is 3. The maximum Gasteiger partial charge on any atom is 0.220 e. The lowest BCUT2D eigenvalue weighted by molar-refractivity contribution is -0.129. The van der Waals surface area contributed by atoms with Crippen LogP contribution in [-0.4, -0.2) is 47.9 Å². The highest BCUT2D eigenvalue weighted by atomic mass is 32.1. The molecule has 0 bridgehead atoms. The molecule has 0 aliphatic carbocycles. The van der Waals surface area contributed by atoms with Gasteiger partial charge in [0.2, 0.25) is 11.8 Å². The smallest absolute Gasteiger partial charge is 0.220 e. The third kappa shape index (κ3) is 4.97. The second-order valence-corrected chi connectivity index (χ2v) is 8.63. The van der Waals surface area contributed by atoms with E-state index in [0.29, 0.717) is 19.4 Å². The van der Waals surface area contributed by atoms with Crippen LogP contribution in [0.2, 0.25) is 0 Å². The summed E-state index contributed by atoms with van der Waals surface area (Å²) in [4.78, 5) is 32.4. The van der Waals surface area contributed by atoms with Gasteiger partial charge >= 0.3 is 0 Å². The molecule has 1 N–H and O–H groups in total. The Hall–Kier alpha value is -2.93. The monoisotopic (exact) mass is 422 g/mol. The van der Waals surface area contributed by atoms with E-state index in [1.54, 1.807) is 18.3 Å². The molecule has 2 aromatic carbocycles. The van der Waals surface area contributed by atoms with Crippen LogP contribution in [0.15, 0.2) is 48.5 Å². The molecule has 6 nitrogen and oxygen atoms in total. The fourth-order valence-corrected chi connectivity index (χ4v) is 4.61. The number of carbonyl (C=O) groups excluding carboxylic acids is 2. The number of anilines is 1. The fourth-order valence-electron chi connectivity index (χ4n) is 3.64. The number of rotatable bonds is 6. The van der Waals surface area contributed by atoms with Gasteiger partial charge in [0, 0.05) is 58.2 Å². The van der Waals surface area contributed by atoms with Crippen molar-refractivity contribution in [3.63, 3.8) is 0 Å². The minimum Gasteiger partial charge on any atom is -0.368 e. The van der Waals surface area contributed by atoms with Gasteiger partial charge in [-0.15, -0.1) is 11.3 Å². The van der Waals surface area contributed by atoms with Gasteiger partial charge in [0.15, 0.2) is 0 Å². The van der Waals surface area contributed by atoms with E-state index in [1.165, 1.54) is 0 Å². The van der Waals surface area contributed by atoms with E-state index in [2.05, 4.69) is 45.5 Å². The van der Waals surface area contributed by atoms with E-state index in [9.17, 15) is 9.59 Å². The van der Waals surface area contributed by atoms with Gasteiger partial charge in [0.1, 0.15) is 0 Å². The summed E-state index contributed by atoms with van der Waals surface area (Å²) >= 11 is 1.65. The number of hydrogen-bond acceptors (Lipinski definition) is 5. The zero-order valence-electron chi connectivity index (χ0n) is 17.1. The Morgan fingerprint density at radius 3 is 2.47 bits per heavy atom. The molecule has 7 heteroatoms. The molecule has 0 saturated carbocycles. The Kier molecular flexibility index (Phi) is 6.28. The van der Waals surface area contributed by atoms with Crippen LogP contribution in [0.1, 0.15) is 23.9 Å². The number of nitrogens with one attached hydrogen (secondary N) is 1. The first-order valence-corrected chi connectivity index (χ1v) is 11.1. The molecular formula is C23H26N4O2S. The number of thiazole rings is 1. The van der Waals surface area contributed by atoms with Gasteiger partial charge in [0.05, 0.1) is 15.2 Å². The van der Waals surface area contributed by atoms with Crippen molar-refractivity contribution in [2.24, 2.45) is 0 Å². The molecule has 0 unspecified atom stereocenters. The van der Waals surface area contributed by atoms with E-state index in [-0.39, 0.29) is 11.8 Å². The molecule has 1 aliphatic rings. The van der Waals surface area contributed by atoms with Crippen LogP contribution in [0, 0.1) is 0 Å². The number of carbonyl (C=O) groups is 2. The number of fused-ring (bicyclic) bond motifs is 1. The Bertz CT molecular complexity index is 990. The van der Waals surface area contributed by atoms with Gasteiger partial charge in [-0.25, -0.2) is 4.98 Å². The molecular weight excluding hydrogens is 396 g/mol. The van der Waals surface area contributed by atoms with Gasteiger partial charge in [-0.3, -0.25) is 9.59 Å². The van der Waals surface area contributed by atoms with E-state index in [0.717, 1.165) is 52.7 Å². The number of benzene rings is 2. The lowest BCUT2D eigenvalue weighted by Crippen LogP contribution is -2.48. The van der Waals surface area contributed by atoms with Crippen LogP contribution >= 0.6 is 11.3 Å². The highest BCUT2D eigenvalue weighted by Crippen LogP contribution is 2.22. The highest BCUT2D eigenvalue weighted by molar-refractivity contribution is 7.18. The minimum atomic E-state index is 0.0405. The van der Waals surface area contributed by atoms with Crippen molar-refractivity contribution in [2.45, 2.75) is 26.3 Å². The van der Waals surface area contributed by atoms with Gasteiger partial charge in [0.25, 0.3) is 0 Å². The van der Waals surface area contributed by atoms with Gasteiger partial charge in [-0.2, -0.15) is 0 Å². The molecule has 0 spiro atoms. The van der Waals surface area contributed by atoms with Crippen molar-refractivity contribution in [3.8, 4) is 0 Å². The highest BCUT2D eigenvalue weighted by Gasteiger charge is 2.18. The second kappa shape index (κ2) is 9.26. The summed E-state index contributed by atoms with van der Waals surface area (Å²) in [5.74, 6) is 0.183.